The molecular formula is C9H11F2N. The summed E-state index contributed by atoms with van der Waals surface area (Å²) in [5.74, 6) is 0. The Morgan fingerprint density at radius 1 is 1.17 bits per heavy atom. The van der Waals surface area contributed by atoms with Gasteiger partial charge in [0, 0.05) is 6.54 Å². The number of rotatable bonds is 3. The smallest absolute Gasteiger partial charge is 0.157 e. The van der Waals surface area contributed by atoms with E-state index in [4.69, 9.17) is 5.73 Å². The Bertz CT molecular complexity index is 225. The maximum Gasteiger partial charge on any atom is 0.157 e. The first kappa shape index (κ1) is 9.13. The lowest BCUT2D eigenvalue weighted by atomic mass is 10.1. The van der Waals surface area contributed by atoms with Crippen molar-refractivity contribution in [2.24, 2.45) is 5.73 Å². The van der Waals surface area contributed by atoms with Crippen molar-refractivity contribution in [2.75, 3.05) is 6.54 Å². The molecule has 0 amide bonds. The fraction of sp³-hybridized carbons (Fsp3) is 0.333. The molecule has 0 spiro atoms. The molecule has 2 N–H and O–H groups in total. The number of halogens is 2. The molecule has 0 radical (unpaired) electrons. The van der Waals surface area contributed by atoms with Gasteiger partial charge in [-0.3, -0.25) is 0 Å². The lowest BCUT2D eigenvalue weighted by molar-refractivity contribution is 0.175. The Morgan fingerprint density at radius 2 is 1.75 bits per heavy atom. The van der Waals surface area contributed by atoms with E-state index in [9.17, 15) is 8.78 Å². The van der Waals surface area contributed by atoms with Crippen LogP contribution in [0.5, 0.6) is 0 Å². The van der Waals surface area contributed by atoms with Crippen molar-refractivity contribution < 1.29 is 8.78 Å². The topological polar surface area (TPSA) is 26.0 Å². The third kappa shape index (κ3) is 2.01. The molecule has 0 saturated heterocycles. The van der Waals surface area contributed by atoms with Crippen molar-refractivity contribution in [1.82, 2.24) is 0 Å². The van der Waals surface area contributed by atoms with E-state index < -0.39 is 12.3 Å². The monoisotopic (exact) mass is 171 g/mol. The average molecular weight is 171 g/mol. The summed E-state index contributed by atoms with van der Waals surface area (Å²) >= 11 is 0. The van der Waals surface area contributed by atoms with Crippen molar-refractivity contribution in [3.8, 4) is 0 Å². The number of nitrogens with two attached hydrogens (primary N) is 1. The minimum Gasteiger partial charge on any atom is -0.328 e. The van der Waals surface area contributed by atoms with Crippen LogP contribution in [0.25, 0.3) is 0 Å². The van der Waals surface area contributed by atoms with E-state index in [0.29, 0.717) is 5.56 Å². The third-order valence-electron chi connectivity index (χ3n) is 1.66. The normalized spacial score (nSPS) is 15.6. The largest absolute Gasteiger partial charge is 0.328 e. The molecule has 2 unspecified atom stereocenters. The summed E-state index contributed by atoms with van der Waals surface area (Å²) in [7, 11) is 0. The molecule has 0 saturated carbocycles. The predicted octanol–water partition coefficient (Wildman–Crippen LogP) is 1.99. The summed E-state index contributed by atoms with van der Waals surface area (Å²) < 4.78 is 25.8. The van der Waals surface area contributed by atoms with E-state index in [-0.39, 0.29) is 6.54 Å². The zero-order chi connectivity index (χ0) is 8.97. The maximum absolute atomic E-state index is 13.1. The summed E-state index contributed by atoms with van der Waals surface area (Å²) in [6, 6.07) is 8.20. The Hall–Kier alpha value is -0.960. The second-order valence-corrected chi connectivity index (χ2v) is 2.56. The SMILES string of the molecule is NCC(F)C(F)c1ccccc1. The van der Waals surface area contributed by atoms with Gasteiger partial charge >= 0.3 is 0 Å². The van der Waals surface area contributed by atoms with E-state index in [1.807, 2.05) is 0 Å². The van der Waals surface area contributed by atoms with Crippen LogP contribution in [-0.2, 0) is 0 Å². The van der Waals surface area contributed by atoms with Crippen LogP contribution in [0, 0.1) is 0 Å². The minimum absolute atomic E-state index is 0.282. The van der Waals surface area contributed by atoms with Crippen molar-refractivity contribution in [3.05, 3.63) is 35.9 Å². The highest BCUT2D eigenvalue weighted by molar-refractivity contribution is 5.18. The van der Waals surface area contributed by atoms with Gasteiger partial charge in [0.25, 0.3) is 0 Å². The molecule has 0 aliphatic heterocycles. The zero-order valence-electron chi connectivity index (χ0n) is 6.58. The lowest BCUT2D eigenvalue weighted by Crippen LogP contribution is -2.20. The van der Waals surface area contributed by atoms with Crippen LogP contribution in [-0.4, -0.2) is 12.7 Å². The van der Waals surface area contributed by atoms with Gasteiger partial charge in [0.05, 0.1) is 0 Å². The van der Waals surface area contributed by atoms with Crippen LogP contribution in [0.3, 0.4) is 0 Å². The van der Waals surface area contributed by atoms with Crippen LogP contribution in [0.2, 0.25) is 0 Å². The third-order valence-corrected chi connectivity index (χ3v) is 1.66. The van der Waals surface area contributed by atoms with Gasteiger partial charge in [-0.15, -0.1) is 0 Å². The molecule has 1 aromatic carbocycles. The predicted molar refractivity (Wildman–Crippen MR) is 44.2 cm³/mol. The van der Waals surface area contributed by atoms with Crippen molar-refractivity contribution in [3.63, 3.8) is 0 Å². The summed E-state index contributed by atoms with van der Waals surface area (Å²) in [6.45, 7) is -0.282. The molecule has 1 aromatic rings. The van der Waals surface area contributed by atoms with Gasteiger partial charge in [0.2, 0.25) is 0 Å². The van der Waals surface area contributed by atoms with Crippen molar-refractivity contribution in [2.45, 2.75) is 12.3 Å². The number of hydrogen-bond donors (Lipinski definition) is 1. The Labute approximate surface area is 70.2 Å². The summed E-state index contributed by atoms with van der Waals surface area (Å²) in [4.78, 5) is 0. The number of alkyl halides is 2. The van der Waals surface area contributed by atoms with Gasteiger partial charge in [-0.1, -0.05) is 30.3 Å². The van der Waals surface area contributed by atoms with Gasteiger partial charge in [0.1, 0.15) is 6.17 Å². The van der Waals surface area contributed by atoms with Gasteiger partial charge < -0.3 is 5.73 Å². The fourth-order valence-corrected chi connectivity index (χ4v) is 0.965. The van der Waals surface area contributed by atoms with E-state index in [1.54, 1.807) is 30.3 Å². The molecule has 0 aliphatic rings. The molecular weight excluding hydrogens is 160 g/mol. The number of hydrogen-bond acceptors (Lipinski definition) is 1. The van der Waals surface area contributed by atoms with Crippen molar-refractivity contribution in [1.29, 1.82) is 0 Å². The van der Waals surface area contributed by atoms with Crippen LogP contribution in [0.1, 0.15) is 11.7 Å². The summed E-state index contributed by atoms with van der Waals surface area (Å²) in [6.07, 6.45) is -3.21. The second kappa shape index (κ2) is 4.16. The highest BCUT2D eigenvalue weighted by Gasteiger charge is 2.19. The van der Waals surface area contributed by atoms with E-state index >= 15 is 0 Å². The molecule has 0 aromatic heterocycles. The Balaban J connectivity index is 2.71. The Kier molecular flexibility index (Phi) is 3.17. The molecule has 12 heavy (non-hydrogen) atoms. The average Bonchev–Trinajstić information content (AvgIpc) is 2.17. The van der Waals surface area contributed by atoms with Gasteiger partial charge in [-0.05, 0) is 5.56 Å². The van der Waals surface area contributed by atoms with Crippen LogP contribution >= 0.6 is 0 Å². The fourth-order valence-electron chi connectivity index (χ4n) is 0.965. The second-order valence-electron chi connectivity index (χ2n) is 2.56. The van der Waals surface area contributed by atoms with Gasteiger partial charge in [-0.2, -0.15) is 0 Å². The minimum atomic E-state index is -1.60. The highest BCUT2D eigenvalue weighted by Crippen LogP contribution is 2.22. The number of benzene rings is 1. The van der Waals surface area contributed by atoms with Crippen molar-refractivity contribution >= 4 is 0 Å². The molecule has 3 heteroatoms. The first-order valence-corrected chi connectivity index (χ1v) is 3.79. The van der Waals surface area contributed by atoms with Crippen LogP contribution in [0.15, 0.2) is 30.3 Å². The molecule has 0 bridgehead atoms. The quantitative estimate of drug-likeness (QED) is 0.739. The first-order valence-electron chi connectivity index (χ1n) is 3.79. The first-order chi connectivity index (χ1) is 5.75. The molecule has 2 atom stereocenters. The van der Waals surface area contributed by atoms with Crippen LogP contribution in [0.4, 0.5) is 8.78 Å². The van der Waals surface area contributed by atoms with E-state index in [0.717, 1.165) is 0 Å². The summed E-state index contributed by atoms with van der Waals surface area (Å²) in [5, 5.41) is 0. The molecule has 0 aliphatic carbocycles. The van der Waals surface area contributed by atoms with Crippen LogP contribution < -0.4 is 5.73 Å². The molecule has 1 nitrogen and oxygen atoms in total. The molecule has 1 rings (SSSR count). The molecule has 66 valence electrons. The van der Waals surface area contributed by atoms with Gasteiger partial charge in [0.15, 0.2) is 6.17 Å². The van der Waals surface area contributed by atoms with E-state index in [2.05, 4.69) is 0 Å². The summed E-state index contributed by atoms with van der Waals surface area (Å²) in [5.41, 5.74) is 5.34. The van der Waals surface area contributed by atoms with Gasteiger partial charge in [-0.25, -0.2) is 8.78 Å². The standard InChI is InChI=1S/C9H11F2N/c10-8(6-12)9(11)7-4-2-1-3-5-7/h1-5,8-9H,6,12H2. The lowest BCUT2D eigenvalue weighted by Gasteiger charge is -2.10. The van der Waals surface area contributed by atoms with E-state index in [1.165, 1.54) is 0 Å². The molecule has 0 heterocycles. The zero-order valence-corrected chi connectivity index (χ0v) is 6.58. The maximum atomic E-state index is 13.1. The molecule has 0 fully saturated rings. The Morgan fingerprint density at radius 3 is 2.25 bits per heavy atom. The highest BCUT2D eigenvalue weighted by atomic mass is 19.2.